The summed E-state index contributed by atoms with van der Waals surface area (Å²) >= 11 is 0. The van der Waals surface area contributed by atoms with Crippen LogP contribution >= 0.6 is 0 Å². The van der Waals surface area contributed by atoms with Crippen LogP contribution in [0.5, 0.6) is 0 Å². The minimum absolute atomic E-state index is 0.166. The zero-order valence-electron chi connectivity index (χ0n) is 22.8. The highest BCUT2D eigenvalue weighted by molar-refractivity contribution is 5.83. The Kier molecular flexibility index (Phi) is 7.26. The highest BCUT2D eigenvalue weighted by Crippen LogP contribution is 2.35. The van der Waals surface area contributed by atoms with Crippen LogP contribution in [0.3, 0.4) is 0 Å². The summed E-state index contributed by atoms with van der Waals surface area (Å²) in [7, 11) is 0. The van der Waals surface area contributed by atoms with E-state index in [0.717, 1.165) is 58.8 Å². The number of hydrogen-bond donors (Lipinski definition) is 1. The molecule has 8 heteroatoms. The van der Waals surface area contributed by atoms with Crippen molar-refractivity contribution in [2.24, 2.45) is 0 Å². The van der Waals surface area contributed by atoms with Gasteiger partial charge >= 0.3 is 0 Å². The lowest BCUT2D eigenvalue weighted by molar-refractivity contribution is 0.190. The van der Waals surface area contributed by atoms with Crippen molar-refractivity contribution in [3.8, 4) is 0 Å². The van der Waals surface area contributed by atoms with E-state index in [1.54, 1.807) is 12.1 Å². The zero-order valence-corrected chi connectivity index (χ0v) is 22.8. The summed E-state index contributed by atoms with van der Waals surface area (Å²) in [6.45, 7) is 5.11. The molecule has 0 saturated heterocycles. The van der Waals surface area contributed by atoms with E-state index < -0.39 is 6.04 Å². The fourth-order valence-electron chi connectivity index (χ4n) is 6.06. The molecular formula is C32H33FN6O. The van der Waals surface area contributed by atoms with Gasteiger partial charge in [0.15, 0.2) is 5.82 Å². The second kappa shape index (κ2) is 11.1. The molecule has 0 amide bonds. The minimum Gasteiger partial charge on any atom is -0.322 e. The Morgan fingerprint density at radius 3 is 2.40 bits per heavy atom. The normalized spacial score (nSPS) is 14.8. The number of aryl methyl sites for hydroxylation is 2. The predicted molar refractivity (Wildman–Crippen MR) is 153 cm³/mol. The summed E-state index contributed by atoms with van der Waals surface area (Å²) in [4.78, 5) is 19.2. The number of halogens is 1. The SMILES string of the molecule is Cc1cc(C)c2cc(C(c3nnnn3C3CCCC3)N(Cc3ccccc3)Cc3ccc(F)cc3)c(=O)[nH]c2c1. The van der Waals surface area contributed by atoms with Gasteiger partial charge < -0.3 is 4.98 Å². The number of nitrogens with one attached hydrogen (secondary N) is 1. The van der Waals surface area contributed by atoms with Gasteiger partial charge in [0.1, 0.15) is 11.9 Å². The zero-order chi connectivity index (χ0) is 27.6. The number of tetrazole rings is 1. The van der Waals surface area contributed by atoms with Gasteiger partial charge in [-0.1, -0.05) is 61.4 Å². The molecule has 1 fully saturated rings. The molecule has 3 aromatic carbocycles. The lowest BCUT2D eigenvalue weighted by atomic mass is 9.98. The molecule has 2 aromatic heterocycles. The van der Waals surface area contributed by atoms with E-state index in [-0.39, 0.29) is 17.4 Å². The number of rotatable bonds is 8. The van der Waals surface area contributed by atoms with Crippen molar-refractivity contribution in [3.05, 3.63) is 123 Å². The third-order valence-electron chi connectivity index (χ3n) is 7.96. The van der Waals surface area contributed by atoms with Gasteiger partial charge in [0, 0.05) is 29.6 Å². The molecule has 6 rings (SSSR count). The maximum absolute atomic E-state index is 13.9. The molecule has 1 aliphatic rings. The molecule has 5 aromatic rings. The lowest BCUT2D eigenvalue weighted by Gasteiger charge is -2.32. The van der Waals surface area contributed by atoms with Crippen LogP contribution in [0.25, 0.3) is 10.9 Å². The summed E-state index contributed by atoms with van der Waals surface area (Å²) in [5.41, 5.74) is 5.46. The Morgan fingerprint density at radius 1 is 0.975 bits per heavy atom. The van der Waals surface area contributed by atoms with E-state index in [1.807, 2.05) is 41.9 Å². The predicted octanol–water partition coefficient (Wildman–Crippen LogP) is 6.18. The van der Waals surface area contributed by atoms with Crippen molar-refractivity contribution in [2.75, 3.05) is 0 Å². The molecule has 2 heterocycles. The van der Waals surface area contributed by atoms with Crippen LogP contribution in [0.1, 0.15) is 71.4 Å². The van der Waals surface area contributed by atoms with Gasteiger partial charge in [0.2, 0.25) is 0 Å². The maximum atomic E-state index is 13.9. The van der Waals surface area contributed by atoms with Crippen LogP contribution in [-0.2, 0) is 13.1 Å². The highest BCUT2D eigenvalue weighted by atomic mass is 19.1. The van der Waals surface area contributed by atoms with Crippen molar-refractivity contribution in [2.45, 2.75) is 64.7 Å². The van der Waals surface area contributed by atoms with Crippen LogP contribution in [0.4, 0.5) is 4.39 Å². The van der Waals surface area contributed by atoms with Gasteiger partial charge in [-0.15, -0.1) is 5.10 Å². The van der Waals surface area contributed by atoms with E-state index in [9.17, 15) is 9.18 Å². The first-order chi connectivity index (χ1) is 19.5. The molecule has 1 saturated carbocycles. The number of aromatic amines is 1. The van der Waals surface area contributed by atoms with Crippen LogP contribution < -0.4 is 5.56 Å². The highest BCUT2D eigenvalue weighted by Gasteiger charge is 2.33. The summed E-state index contributed by atoms with van der Waals surface area (Å²) in [5.74, 6) is 0.372. The number of nitrogens with zero attached hydrogens (tertiary/aromatic N) is 5. The first-order valence-corrected chi connectivity index (χ1v) is 13.9. The second-order valence-electron chi connectivity index (χ2n) is 10.9. The van der Waals surface area contributed by atoms with Gasteiger partial charge in [-0.05, 0) is 83.6 Å². The number of pyridine rings is 1. The number of hydrogen-bond acceptors (Lipinski definition) is 5. The molecule has 1 N–H and O–H groups in total. The molecule has 0 bridgehead atoms. The Hall–Kier alpha value is -4.17. The average Bonchev–Trinajstić information content (AvgIpc) is 3.64. The van der Waals surface area contributed by atoms with Crippen LogP contribution in [0, 0.1) is 19.7 Å². The quantitative estimate of drug-likeness (QED) is 0.256. The van der Waals surface area contributed by atoms with E-state index in [0.29, 0.717) is 24.5 Å². The first-order valence-electron chi connectivity index (χ1n) is 13.9. The second-order valence-corrected chi connectivity index (χ2v) is 10.9. The third-order valence-corrected chi connectivity index (χ3v) is 7.96. The number of fused-ring (bicyclic) bond motifs is 1. The van der Waals surface area contributed by atoms with Crippen LogP contribution in [0.2, 0.25) is 0 Å². The fraction of sp³-hybridized carbons (Fsp3) is 0.312. The summed E-state index contributed by atoms with van der Waals surface area (Å²) in [6.07, 6.45) is 4.28. The van der Waals surface area contributed by atoms with Crippen molar-refractivity contribution < 1.29 is 4.39 Å². The van der Waals surface area contributed by atoms with Gasteiger partial charge in [0.05, 0.1) is 6.04 Å². The number of benzene rings is 3. The molecule has 0 spiro atoms. The standard InChI is InChI=1S/C32H33FN6O/c1-21-16-22(2)27-18-28(32(40)34-29(27)17-21)30(31-35-36-37-39(31)26-10-6-7-11-26)38(19-23-8-4-3-5-9-23)20-24-12-14-25(33)15-13-24/h3-5,8-9,12-18,26,30H,6-7,10-11,19-20H2,1-2H3,(H,34,40). The smallest absolute Gasteiger partial charge is 0.253 e. The average molecular weight is 537 g/mol. The van der Waals surface area contributed by atoms with E-state index >= 15 is 0 Å². The molecule has 0 aliphatic heterocycles. The third kappa shape index (κ3) is 5.31. The molecule has 1 atom stereocenters. The molecule has 0 radical (unpaired) electrons. The van der Waals surface area contributed by atoms with Crippen molar-refractivity contribution in [1.29, 1.82) is 0 Å². The Balaban J connectivity index is 1.55. The van der Waals surface area contributed by atoms with Crippen molar-refractivity contribution >= 4 is 10.9 Å². The topological polar surface area (TPSA) is 79.7 Å². The van der Waals surface area contributed by atoms with Gasteiger partial charge in [-0.25, -0.2) is 9.07 Å². The maximum Gasteiger partial charge on any atom is 0.253 e. The summed E-state index contributed by atoms with van der Waals surface area (Å²) in [5, 5.41) is 14.1. The Labute approximate surface area is 232 Å². The van der Waals surface area contributed by atoms with Crippen molar-refractivity contribution in [3.63, 3.8) is 0 Å². The molecule has 40 heavy (non-hydrogen) atoms. The molecular weight excluding hydrogens is 503 g/mol. The largest absolute Gasteiger partial charge is 0.322 e. The van der Waals surface area contributed by atoms with Crippen LogP contribution in [0.15, 0.2) is 77.6 Å². The van der Waals surface area contributed by atoms with E-state index in [4.69, 9.17) is 0 Å². The molecule has 204 valence electrons. The molecule has 7 nitrogen and oxygen atoms in total. The van der Waals surface area contributed by atoms with Gasteiger partial charge in [-0.2, -0.15) is 0 Å². The van der Waals surface area contributed by atoms with Gasteiger partial charge in [-0.3, -0.25) is 9.69 Å². The lowest BCUT2D eigenvalue weighted by Crippen LogP contribution is -2.35. The number of aromatic nitrogens is 5. The molecule has 1 unspecified atom stereocenters. The monoisotopic (exact) mass is 536 g/mol. The Morgan fingerprint density at radius 2 is 1.68 bits per heavy atom. The van der Waals surface area contributed by atoms with Gasteiger partial charge in [0.25, 0.3) is 5.56 Å². The van der Waals surface area contributed by atoms with Crippen molar-refractivity contribution in [1.82, 2.24) is 30.1 Å². The van der Waals surface area contributed by atoms with Crippen LogP contribution in [-0.4, -0.2) is 30.1 Å². The summed E-state index contributed by atoms with van der Waals surface area (Å²) in [6, 6.07) is 22.5. The first kappa shape index (κ1) is 26.1. The Bertz CT molecular complexity index is 1670. The molecule has 1 aliphatic carbocycles. The minimum atomic E-state index is -0.533. The number of H-pyrrole nitrogens is 1. The fourth-order valence-corrected chi connectivity index (χ4v) is 6.06. The van der Waals surface area contributed by atoms with E-state index in [1.165, 1.54) is 12.1 Å². The van der Waals surface area contributed by atoms with E-state index in [2.05, 4.69) is 50.5 Å². The summed E-state index contributed by atoms with van der Waals surface area (Å²) < 4.78 is 15.8.